The third-order valence-corrected chi connectivity index (χ3v) is 5.89. The van der Waals surface area contributed by atoms with E-state index in [1.54, 1.807) is 21.9 Å². The van der Waals surface area contributed by atoms with Crippen LogP contribution in [0, 0.1) is 5.82 Å². The molecule has 164 valence electrons. The lowest BCUT2D eigenvalue weighted by Gasteiger charge is -2.36. The number of likely N-dealkylation sites (tertiary alicyclic amines) is 1. The molecule has 3 heterocycles. The van der Waals surface area contributed by atoms with E-state index in [-0.39, 0.29) is 30.2 Å². The van der Waals surface area contributed by atoms with Crippen LogP contribution in [0.4, 0.5) is 4.39 Å². The Bertz CT molecular complexity index is 1050. The number of carbonyl (C=O) groups is 2. The van der Waals surface area contributed by atoms with E-state index in [1.807, 2.05) is 0 Å². The SMILES string of the molecule is COCC(=O)N1CCc2nc([C@H]3CCCCN3C(=O)c3ccccc3F)[nH]c(=O)c2C1. The lowest BCUT2D eigenvalue weighted by atomic mass is 9.99. The van der Waals surface area contributed by atoms with Crippen LogP contribution in [0.1, 0.15) is 52.7 Å². The largest absolute Gasteiger partial charge is 0.375 e. The van der Waals surface area contributed by atoms with Gasteiger partial charge in [-0.2, -0.15) is 0 Å². The van der Waals surface area contributed by atoms with Gasteiger partial charge < -0.3 is 19.5 Å². The summed E-state index contributed by atoms with van der Waals surface area (Å²) in [5.41, 5.74) is 0.812. The Morgan fingerprint density at radius 3 is 2.84 bits per heavy atom. The summed E-state index contributed by atoms with van der Waals surface area (Å²) < 4.78 is 19.1. The molecule has 31 heavy (non-hydrogen) atoms. The Morgan fingerprint density at radius 2 is 2.06 bits per heavy atom. The minimum atomic E-state index is -0.565. The van der Waals surface area contributed by atoms with Crippen LogP contribution in [0.15, 0.2) is 29.1 Å². The highest BCUT2D eigenvalue weighted by Gasteiger charge is 2.33. The molecule has 1 N–H and O–H groups in total. The van der Waals surface area contributed by atoms with Gasteiger partial charge in [0.25, 0.3) is 11.5 Å². The van der Waals surface area contributed by atoms with Gasteiger partial charge in [0.2, 0.25) is 5.91 Å². The third-order valence-electron chi connectivity index (χ3n) is 5.89. The van der Waals surface area contributed by atoms with Crippen LogP contribution in [-0.2, 0) is 22.5 Å². The Labute approximate surface area is 179 Å². The van der Waals surface area contributed by atoms with E-state index in [0.717, 1.165) is 12.8 Å². The molecule has 0 spiro atoms. The van der Waals surface area contributed by atoms with Crippen LogP contribution in [0.5, 0.6) is 0 Å². The maximum atomic E-state index is 14.2. The minimum absolute atomic E-state index is 0.0157. The van der Waals surface area contributed by atoms with Crippen LogP contribution < -0.4 is 5.56 Å². The summed E-state index contributed by atoms with van der Waals surface area (Å²) in [6, 6.07) is 5.49. The normalized spacial score (nSPS) is 18.6. The van der Waals surface area contributed by atoms with E-state index >= 15 is 0 Å². The van der Waals surface area contributed by atoms with E-state index in [9.17, 15) is 18.8 Å². The van der Waals surface area contributed by atoms with Crippen molar-refractivity contribution >= 4 is 11.8 Å². The Balaban J connectivity index is 1.62. The quantitative estimate of drug-likeness (QED) is 0.801. The first-order valence-electron chi connectivity index (χ1n) is 10.4. The molecule has 2 aliphatic rings. The first-order valence-corrected chi connectivity index (χ1v) is 10.4. The van der Waals surface area contributed by atoms with E-state index < -0.39 is 17.8 Å². The van der Waals surface area contributed by atoms with Crippen molar-refractivity contribution in [3.05, 3.63) is 63.1 Å². The van der Waals surface area contributed by atoms with Crippen LogP contribution >= 0.6 is 0 Å². The first-order chi connectivity index (χ1) is 15.0. The molecule has 9 heteroatoms. The zero-order valence-corrected chi connectivity index (χ0v) is 17.4. The van der Waals surface area contributed by atoms with E-state index in [4.69, 9.17) is 4.74 Å². The predicted molar refractivity (Wildman–Crippen MR) is 110 cm³/mol. The topological polar surface area (TPSA) is 95.6 Å². The second-order valence-corrected chi connectivity index (χ2v) is 7.86. The molecule has 1 aromatic carbocycles. The maximum Gasteiger partial charge on any atom is 0.257 e. The Hall–Kier alpha value is -3.07. The Morgan fingerprint density at radius 1 is 1.26 bits per heavy atom. The summed E-state index contributed by atoms with van der Waals surface area (Å²) in [6.07, 6.45) is 2.78. The number of hydrogen-bond acceptors (Lipinski definition) is 5. The van der Waals surface area contributed by atoms with Gasteiger partial charge in [-0.15, -0.1) is 0 Å². The summed E-state index contributed by atoms with van der Waals surface area (Å²) in [6.45, 7) is 1.07. The monoisotopic (exact) mass is 428 g/mol. The standard InChI is InChI=1S/C22H25FN4O4/c1-31-13-19(28)26-11-9-17-15(12-26)21(29)25-20(24-17)18-8-4-5-10-27(18)22(30)14-6-2-3-7-16(14)23/h2-3,6-7,18H,4-5,8-13H2,1H3,(H,24,25,29)/t18-/m1/s1. The number of carbonyl (C=O) groups excluding carboxylic acids is 2. The van der Waals surface area contributed by atoms with Gasteiger partial charge in [0.05, 0.1) is 29.4 Å². The highest BCUT2D eigenvalue weighted by Crippen LogP contribution is 2.31. The molecular formula is C22H25FN4O4. The number of ether oxygens (including phenoxy) is 1. The van der Waals surface area contributed by atoms with Crippen molar-refractivity contribution in [1.29, 1.82) is 0 Å². The number of halogens is 1. The van der Waals surface area contributed by atoms with Crippen LogP contribution in [0.25, 0.3) is 0 Å². The number of aromatic nitrogens is 2. The van der Waals surface area contributed by atoms with Gasteiger partial charge >= 0.3 is 0 Å². The number of aromatic amines is 1. The van der Waals surface area contributed by atoms with Gasteiger partial charge in [-0.3, -0.25) is 14.4 Å². The molecule has 0 unspecified atom stereocenters. The van der Waals surface area contributed by atoms with Gasteiger partial charge in [0.15, 0.2) is 0 Å². The highest BCUT2D eigenvalue weighted by molar-refractivity contribution is 5.94. The molecule has 1 aromatic heterocycles. The number of piperidine rings is 1. The molecule has 0 saturated carbocycles. The number of nitrogens with zero attached hydrogens (tertiary/aromatic N) is 3. The number of nitrogens with one attached hydrogen (secondary N) is 1. The second kappa shape index (κ2) is 8.97. The van der Waals surface area contributed by atoms with E-state index in [1.165, 1.54) is 19.2 Å². The molecule has 0 bridgehead atoms. The lowest BCUT2D eigenvalue weighted by molar-refractivity contribution is -0.136. The lowest BCUT2D eigenvalue weighted by Crippen LogP contribution is -2.43. The van der Waals surface area contributed by atoms with Crippen molar-refractivity contribution in [2.45, 2.75) is 38.3 Å². The van der Waals surface area contributed by atoms with Crippen molar-refractivity contribution in [3.8, 4) is 0 Å². The van der Waals surface area contributed by atoms with Crippen molar-refractivity contribution in [2.24, 2.45) is 0 Å². The predicted octanol–water partition coefficient (Wildman–Crippen LogP) is 1.81. The van der Waals surface area contributed by atoms with Gasteiger partial charge in [-0.25, -0.2) is 9.37 Å². The van der Waals surface area contributed by atoms with Gasteiger partial charge in [-0.1, -0.05) is 12.1 Å². The summed E-state index contributed by atoms with van der Waals surface area (Å²) >= 11 is 0. The van der Waals surface area contributed by atoms with Crippen molar-refractivity contribution in [3.63, 3.8) is 0 Å². The fourth-order valence-corrected chi connectivity index (χ4v) is 4.28. The summed E-state index contributed by atoms with van der Waals surface area (Å²) in [5, 5.41) is 0. The molecule has 1 fully saturated rings. The molecule has 0 radical (unpaired) electrons. The number of methoxy groups -OCH3 is 1. The zero-order chi connectivity index (χ0) is 22.0. The minimum Gasteiger partial charge on any atom is -0.375 e. The van der Waals surface area contributed by atoms with Crippen molar-refractivity contribution in [1.82, 2.24) is 19.8 Å². The number of rotatable bonds is 4. The molecule has 2 aromatic rings. The van der Waals surface area contributed by atoms with Gasteiger partial charge in [-0.05, 0) is 31.4 Å². The van der Waals surface area contributed by atoms with E-state index in [0.29, 0.717) is 43.0 Å². The number of H-pyrrole nitrogens is 1. The summed E-state index contributed by atoms with van der Waals surface area (Å²) in [7, 11) is 1.45. The first kappa shape index (κ1) is 21.2. The maximum absolute atomic E-state index is 14.2. The van der Waals surface area contributed by atoms with Crippen LogP contribution in [0.3, 0.4) is 0 Å². The zero-order valence-electron chi connectivity index (χ0n) is 17.4. The molecule has 1 saturated heterocycles. The molecule has 1 atom stereocenters. The van der Waals surface area contributed by atoms with E-state index in [2.05, 4.69) is 9.97 Å². The fraction of sp³-hybridized carbons (Fsp3) is 0.455. The average molecular weight is 428 g/mol. The van der Waals surface area contributed by atoms with Crippen LogP contribution in [-0.4, -0.2) is 58.4 Å². The molecular weight excluding hydrogens is 403 g/mol. The highest BCUT2D eigenvalue weighted by atomic mass is 19.1. The number of amides is 2. The number of hydrogen-bond donors (Lipinski definition) is 1. The van der Waals surface area contributed by atoms with Crippen molar-refractivity contribution in [2.75, 3.05) is 26.8 Å². The third kappa shape index (κ3) is 4.23. The smallest absolute Gasteiger partial charge is 0.257 e. The number of benzene rings is 1. The van der Waals surface area contributed by atoms with Gasteiger partial charge in [0, 0.05) is 26.6 Å². The average Bonchev–Trinajstić information content (AvgIpc) is 2.79. The molecule has 0 aliphatic carbocycles. The fourth-order valence-electron chi connectivity index (χ4n) is 4.28. The number of fused-ring (bicyclic) bond motifs is 1. The molecule has 8 nitrogen and oxygen atoms in total. The molecule has 4 rings (SSSR count). The molecule has 2 aliphatic heterocycles. The second-order valence-electron chi connectivity index (χ2n) is 7.86. The Kier molecular flexibility index (Phi) is 6.13. The van der Waals surface area contributed by atoms with Crippen molar-refractivity contribution < 1.29 is 18.7 Å². The van der Waals surface area contributed by atoms with Crippen LogP contribution in [0.2, 0.25) is 0 Å². The summed E-state index contributed by atoms with van der Waals surface area (Å²) in [4.78, 5) is 48.7. The summed E-state index contributed by atoms with van der Waals surface area (Å²) in [5.74, 6) is -0.723. The van der Waals surface area contributed by atoms with Gasteiger partial charge in [0.1, 0.15) is 18.2 Å². The molecule has 2 amide bonds.